The van der Waals surface area contributed by atoms with Crippen LogP contribution in [0.4, 0.5) is 0 Å². The first-order valence-corrected chi connectivity index (χ1v) is 10.3. The topological polar surface area (TPSA) is 44.8 Å². The van der Waals surface area contributed by atoms with Crippen LogP contribution in [0.5, 0.6) is 5.75 Å². The Labute approximate surface area is 126 Å². The average Bonchev–Trinajstić information content (AvgIpc) is 2.76. The molecule has 1 aromatic rings. The van der Waals surface area contributed by atoms with Gasteiger partial charge in [0.1, 0.15) is 11.3 Å². The SMILES string of the molecule is COC(=O)c1csc(CO[Si](C)(C)C(C)(C)C)c1OC. The largest absolute Gasteiger partial charge is 0.495 e. The van der Waals surface area contributed by atoms with Crippen LogP contribution >= 0.6 is 11.3 Å². The number of methoxy groups -OCH3 is 2. The van der Waals surface area contributed by atoms with Crippen LogP contribution in [0.15, 0.2) is 5.38 Å². The normalized spacial score (nSPS) is 12.3. The van der Waals surface area contributed by atoms with Gasteiger partial charge in [0.15, 0.2) is 8.32 Å². The van der Waals surface area contributed by atoms with Crippen molar-refractivity contribution >= 4 is 25.6 Å². The van der Waals surface area contributed by atoms with Gasteiger partial charge in [-0.05, 0) is 18.1 Å². The van der Waals surface area contributed by atoms with E-state index in [2.05, 4.69) is 33.9 Å². The fourth-order valence-electron chi connectivity index (χ4n) is 1.42. The molecule has 0 aliphatic carbocycles. The summed E-state index contributed by atoms with van der Waals surface area (Å²) >= 11 is 1.47. The molecule has 114 valence electrons. The minimum absolute atomic E-state index is 0.155. The zero-order valence-corrected chi connectivity index (χ0v) is 15.1. The van der Waals surface area contributed by atoms with Gasteiger partial charge in [0.2, 0.25) is 0 Å². The summed E-state index contributed by atoms with van der Waals surface area (Å²) in [7, 11) is 1.11. The van der Waals surface area contributed by atoms with Crippen LogP contribution in [-0.4, -0.2) is 28.5 Å². The first-order valence-electron chi connectivity index (χ1n) is 6.50. The number of thiophene rings is 1. The molecule has 0 atom stereocenters. The highest BCUT2D eigenvalue weighted by molar-refractivity contribution is 7.10. The zero-order valence-electron chi connectivity index (χ0n) is 13.3. The molecular weight excluding hydrogens is 292 g/mol. The van der Waals surface area contributed by atoms with E-state index < -0.39 is 8.32 Å². The summed E-state index contributed by atoms with van der Waals surface area (Å²) in [5, 5.41) is 1.91. The number of carbonyl (C=O) groups excluding carboxylic acids is 1. The maximum Gasteiger partial charge on any atom is 0.342 e. The molecule has 0 saturated heterocycles. The van der Waals surface area contributed by atoms with Crippen molar-refractivity contribution in [1.82, 2.24) is 0 Å². The monoisotopic (exact) mass is 316 g/mol. The second-order valence-electron chi connectivity index (χ2n) is 6.15. The quantitative estimate of drug-likeness (QED) is 0.607. The van der Waals surface area contributed by atoms with E-state index >= 15 is 0 Å². The van der Waals surface area contributed by atoms with Gasteiger partial charge >= 0.3 is 5.97 Å². The molecule has 0 unspecified atom stereocenters. The summed E-state index contributed by atoms with van der Waals surface area (Å²) in [6, 6.07) is 0. The van der Waals surface area contributed by atoms with Crippen LogP contribution in [0.25, 0.3) is 0 Å². The molecule has 6 heteroatoms. The third kappa shape index (κ3) is 3.62. The van der Waals surface area contributed by atoms with Crippen molar-refractivity contribution in [1.29, 1.82) is 0 Å². The van der Waals surface area contributed by atoms with Gasteiger partial charge in [0, 0.05) is 5.38 Å². The van der Waals surface area contributed by atoms with Crippen LogP contribution in [0, 0.1) is 0 Å². The van der Waals surface area contributed by atoms with Gasteiger partial charge in [-0.3, -0.25) is 0 Å². The Balaban J connectivity index is 2.90. The molecule has 0 radical (unpaired) electrons. The van der Waals surface area contributed by atoms with E-state index in [0.29, 0.717) is 17.9 Å². The van der Waals surface area contributed by atoms with E-state index in [0.717, 1.165) is 4.88 Å². The molecule has 0 bridgehead atoms. The van der Waals surface area contributed by atoms with Gasteiger partial charge in [-0.25, -0.2) is 4.79 Å². The van der Waals surface area contributed by atoms with E-state index in [-0.39, 0.29) is 11.0 Å². The molecular formula is C14H24O4SSi. The summed E-state index contributed by atoms with van der Waals surface area (Å²) in [4.78, 5) is 12.6. The Hall–Kier alpha value is -0.853. The molecule has 0 N–H and O–H groups in total. The summed E-state index contributed by atoms with van der Waals surface area (Å²) in [5.41, 5.74) is 0.467. The lowest BCUT2D eigenvalue weighted by molar-refractivity contribution is 0.0597. The van der Waals surface area contributed by atoms with Crippen molar-refractivity contribution in [2.75, 3.05) is 14.2 Å². The molecule has 0 aliphatic heterocycles. The maximum absolute atomic E-state index is 11.6. The van der Waals surface area contributed by atoms with Gasteiger partial charge in [-0.15, -0.1) is 11.3 Å². The van der Waals surface area contributed by atoms with Crippen LogP contribution in [0.3, 0.4) is 0 Å². The van der Waals surface area contributed by atoms with Crippen molar-refractivity contribution in [3.05, 3.63) is 15.8 Å². The second kappa shape index (κ2) is 6.28. The minimum Gasteiger partial charge on any atom is -0.495 e. The molecule has 0 saturated carbocycles. The Bertz CT molecular complexity index is 474. The molecule has 4 nitrogen and oxygen atoms in total. The van der Waals surface area contributed by atoms with Crippen molar-refractivity contribution < 1.29 is 18.7 Å². The van der Waals surface area contributed by atoms with Crippen molar-refractivity contribution in [2.24, 2.45) is 0 Å². The number of hydrogen-bond donors (Lipinski definition) is 0. The third-order valence-electron chi connectivity index (χ3n) is 3.80. The number of ether oxygens (including phenoxy) is 2. The Kier molecular flexibility index (Phi) is 5.40. The van der Waals surface area contributed by atoms with Gasteiger partial charge in [-0.1, -0.05) is 20.8 Å². The first-order chi connectivity index (χ1) is 9.14. The predicted octanol–water partition coefficient (Wildman–Crippen LogP) is 4.07. The van der Waals surface area contributed by atoms with Gasteiger partial charge < -0.3 is 13.9 Å². The summed E-state index contributed by atoms with van der Waals surface area (Å²) in [6.07, 6.45) is 0. The van der Waals surface area contributed by atoms with Crippen LogP contribution < -0.4 is 4.74 Å². The van der Waals surface area contributed by atoms with Crippen molar-refractivity contribution in [2.45, 2.75) is 45.5 Å². The van der Waals surface area contributed by atoms with Crippen LogP contribution in [-0.2, 0) is 15.8 Å². The summed E-state index contributed by atoms with van der Waals surface area (Å²) < 4.78 is 16.2. The van der Waals surface area contributed by atoms with Crippen molar-refractivity contribution in [3.8, 4) is 5.75 Å². The smallest absolute Gasteiger partial charge is 0.342 e. The van der Waals surface area contributed by atoms with E-state index in [1.165, 1.54) is 18.4 Å². The molecule has 1 rings (SSSR count). The fraction of sp³-hybridized carbons (Fsp3) is 0.643. The standard InChI is InChI=1S/C14H24O4SSi/c1-14(2,3)20(6,7)18-8-11-12(16-4)10(9-19-11)13(15)17-5/h9H,8H2,1-7H3. The van der Waals surface area contributed by atoms with Gasteiger partial charge in [0.25, 0.3) is 0 Å². The van der Waals surface area contributed by atoms with E-state index in [4.69, 9.17) is 13.9 Å². The molecule has 20 heavy (non-hydrogen) atoms. The lowest BCUT2D eigenvalue weighted by Crippen LogP contribution is -2.40. The van der Waals surface area contributed by atoms with Crippen LogP contribution in [0.2, 0.25) is 18.1 Å². The second-order valence-corrected chi connectivity index (χ2v) is 11.9. The maximum atomic E-state index is 11.6. The highest BCUT2D eigenvalue weighted by Crippen LogP contribution is 2.39. The van der Waals surface area contributed by atoms with Gasteiger partial charge in [0.05, 0.1) is 25.7 Å². The molecule has 0 amide bonds. The Morgan fingerprint density at radius 1 is 1.30 bits per heavy atom. The van der Waals surface area contributed by atoms with E-state index in [9.17, 15) is 4.79 Å². The molecule has 1 heterocycles. The molecule has 0 aromatic carbocycles. The highest BCUT2D eigenvalue weighted by Gasteiger charge is 2.37. The Morgan fingerprint density at radius 2 is 1.90 bits per heavy atom. The first kappa shape index (κ1) is 17.2. The zero-order chi connectivity index (χ0) is 15.6. The van der Waals surface area contributed by atoms with E-state index in [1.807, 2.05) is 0 Å². The van der Waals surface area contributed by atoms with Crippen LogP contribution in [0.1, 0.15) is 36.0 Å². The fourth-order valence-corrected chi connectivity index (χ4v) is 3.36. The predicted molar refractivity (Wildman–Crippen MR) is 84.2 cm³/mol. The third-order valence-corrected chi connectivity index (χ3v) is 9.22. The number of esters is 1. The molecule has 0 fully saturated rings. The minimum atomic E-state index is -1.81. The summed E-state index contributed by atoms with van der Waals surface area (Å²) in [5.74, 6) is 0.192. The van der Waals surface area contributed by atoms with Crippen molar-refractivity contribution in [3.63, 3.8) is 0 Å². The van der Waals surface area contributed by atoms with Gasteiger partial charge in [-0.2, -0.15) is 0 Å². The Morgan fingerprint density at radius 3 is 2.35 bits per heavy atom. The van der Waals surface area contributed by atoms with E-state index in [1.54, 1.807) is 12.5 Å². The molecule has 0 aliphatic rings. The number of rotatable bonds is 5. The lowest BCUT2D eigenvalue weighted by atomic mass is 10.2. The summed E-state index contributed by atoms with van der Waals surface area (Å²) in [6.45, 7) is 11.5. The number of hydrogen-bond acceptors (Lipinski definition) is 5. The lowest BCUT2D eigenvalue weighted by Gasteiger charge is -2.36. The average molecular weight is 316 g/mol. The highest BCUT2D eigenvalue weighted by atomic mass is 32.1. The molecule has 1 aromatic heterocycles. The molecule has 0 spiro atoms. The number of carbonyl (C=O) groups is 1.